The largest absolute Gasteiger partial charge is 0.269 e. The van der Waals surface area contributed by atoms with E-state index < -0.39 is 0 Å². The molecule has 0 heterocycles. The van der Waals surface area contributed by atoms with Gasteiger partial charge in [-0.25, -0.2) is 5.01 Å². The molecule has 2 bridgehead atoms. The van der Waals surface area contributed by atoms with Crippen LogP contribution >= 0.6 is 12.4 Å². The predicted molar refractivity (Wildman–Crippen MR) is 62.2 cm³/mol. The number of halogens is 1. The van der Waals surface area contributed by atoms with Crippen LogP contribution in [-0.4, -0.2) is 18.1 Å². The van der Waals surface area contributed by atoms with Gasteiger partial charge in [0.15, 0.2) is 0 Å². The number of hydrazine groups is 1. The Morgan fingerprint density at radius 1 is 1.29 bits per heavy atom. The van der Waals surface area contributed by atoms with Crippen LogP contribution < -0.4 is 5.84 Å². The molecule has 0 saturated heterocycles. The molecule has 0 spiro atoms. The van der Waals surface area contributed by atoms with Crippen molar-refractivity contribution in [2.75, 3.05) is 7.05 Å². The van der Waals surface area contributed by atoms with Gasteiger partial charge in [-0.2, -0.15) is 0 Å². The lowest BCUT2D eigenvalue weighted by Crippen LogP contribution is -2.53. The van der Waals surface area contributed by atoms with Gasteiger partial charge >= 0.3 is 0 Å². The molecule has 14 heavy (non-hydrogen) atoms. The maximum Gasteiger partial charge on any atom is 0.0345 e. The van der Waals surface area contributed by atoms with E-state index in [-0.39, 0.29) is 12.4 Å². The van der Waals surface area contributed by atoms with E-state index in [0.29, 0.717) is 16.9 Å². The summed E-state index contributed by atoms with van der Waals surface area (Å²) in [5.41, 5.74) is 0.897. The maximum absolute atomic E-state index is 5.98. The van der Waals surface area contributed by atoms with Crippen molar-refractivity contribution in [3.63, 3.8) is 0 Å². The highest BCUT2D eigenvalue weighted by Crippen LogP contribution is 2.63. The fourth-order valence-corrected chi connectivity index (χ4v) is 4.29. The molecule has 0 aliphatic heterocycles. The monoisotopic (exact) mass is 218 g/mol. The summed E-state index contributed by atoms with van der Waals surface area (Å²) in [4.78, 5) is 0. The Balaban J connectivity index is 0.000000980. The minimum atomic E-state index is 0. The smallest absolute Gasteiger partial charge is 0.0345 e. The molecular formula is C11H23ClN2. The van der Waals surface area contributed by atoms with Gasteiger partial charge < -0.3 is 0 Å². The van der Waals surface area contributed by atoms with Crippen LogP contribution in [0, 0.1) is 16.7 Å². The number of fused-ring (bicyclic) bond motifs is 2. The van der Waals surface area contributed by atoms with Crippen LogP contribution in [0.5, 0.6) is 0 Å². The summed E-state index contributed by atoms with van der Waals surface area (Å²) in [7, 11) is 2.03. The zero-order chi connectivity index (χ0) is 9.85. The molecule has 2 N–H and O–H groups in total. The number of rotatable bonds is 1. The normalized spacial score (nSPS) is 44.1. The van der Waals surface area contributed by atoms with Crippen LogP contribution in [0.1, 0.15) is 40.0 Å². The zero-order valence-electron chi connectivity index (χ0n) is 9.71. The number of nitrogens with two attached hydrogens (primary N) is 1. The highest BCUT2D eigenvalue weighted by atomic mass is 35.5. The van der Waals surface area contributed by atoms with E-state index >= 15 is 0 Å². The first kappa shape index (κ1) is 12.3. The van der Waals surface area contributed by atoms with Crippen LogP contribution in [0.3, 0.4) is 0 Å². The molecule has 84 valence electrons. The van der Waals surface area contributed by atoms with E-state index in [0.717, 1.165) is 5.92 Å². The molecule has 2 nitrogen and oxygen atoms in total. The van der Waals surface area contributed by atoms with E-state index in [1.54, 1.807) is 0 Å². The molecule has 0 aromatic rings. The summed E-state index contributed by atoms with van der Waals surface area (Å²) in [5, 5.41) is 1.96. The SMILES string of the molecule is CN(N)C1C2(C)CCC(C2)C1(C)C.Cl. The van der Waals surface area contributed by atoms with Crippen LogP contribution in [0.15, 0.2) is 0 Å². The molecule has 3 atom stereocenters. The second-order valence-electron chi connectivity index (χ2n) is 5.98. The molecule has 0 aromatic carbocycles. The fourth-order valence-electron chi connectivity index (χ4n) is 4.29. The average Bonchev–Trinajstić information content (AvgIpc) is 2.36. The molecule has 2 aliphatic carbocycles. The lowest BCUT2D eigenvalue weighted by Gasteiger charge is -2.45. The van der Waals surface area contributed by atoms with Gasteiger partial charge in [-0.1, -0.05) is 20.8 Å². The highest BCUT2D eigenvalue weighted by Gasteiger charge is 2.60. The Hall–Kier alpha value is 0.210. The van der Waals surface area contributed by atoms with Crippen molar-refractivity contribution in [1.29, 1.82) is 0 Å². The predicted octanol–water partition coefficient (Wildman–Crippen LogP) is 2.43. The first-order valence-electron chi connectivity index (χ1n) is 5.35. The summed E-state index contributed by atoms with van der Waals surface area (Å²) < 4.78 is 0. The summed E-state index contributed by atoms with van der Waals surface area (Å²) in [6.07, 6.45) is 4.16. The highest BCUT2D eigenvalue weighted by molar-refractivity contribution is 5.85. The van der Waals surface area contributed by atoms with Crippen LogP contribution in [0.25, 0.3) is 0 Å². The van der Waals surface area contributed by atoms with E-state index in [2.05, 4.69) is 20.8 Å². The van der Waals surface area contributed by atoms with E-state index in [4.69, 9.17) is 5.84 Å². The Kier molecular flexibility index (Phi) is 2.95. The minimum absolute atomic E-state index is 0. The molecule has 0 amide bonds. The molecule has 2 fully saturated rings. The van der Waals surface area contributed by atoms with Gasteiger partial charge in [-0.05, 0) is 36.0 Å². The molecule has 0 radical (unpaired) electrons. The van der Waals surface area contributed by atoms with Gasteiger partial charge in [0.05, 0.1) is 0 Å². The van der Waals surface area contributed by atoms with Gasteiger partial charge in [-0.15, -0.1) is 12.4 Å². The molecule has 2 aliphatic rings. The molecule has 3 heteroatoms. The first-order valence-corrected chi connectivity index (χ1v) is 5.35. The van der Waals surface area contributed by atoms with Crippen molar-refractivity contribution < 1.29 is 0 Å². The number of hydrogen-bond donors (Lipinski definition) is 1. The number of hydrogen-bond acceptors (Lipinski definition) is 2. The topological polar surface area (TPSA) is 29.3 Å². The lowest BCUT2D eigenvalue weighted by molar-refractivity contribution is 0.0193. The molecule has 2 saturated carbocycles. The second kappa shape index (κ2) is 3.36. The van der Waals surface area contributed by atoms with Crippen molar-refractivity contribution in [2.24, 2.45) is 22.6 Å². The third-order valence-electron chi connectivity index (χ3n) is 4.60. The Bertz CT molecular complexity index is 223. The first-order chi connectivity index (χ1) is 5.88. The Morgan fingerprint density at radius 3 is 2.14 bits per heavy atom. The van der Waals surface area contributed by atoms with Crippen molar-refractivity contribution >= 4 is 12.4 Å². The minimum Gasteiger partial charge on any atom is -0.269 e. The van der Waals surface area contributed by atoms with Gasteiger partial charge in [0, 0.05) is 13.1 Å². The third-order valence-corrected chi connectivity index (χ3v) is 4.60. The molecule has 0 aromatic heterocycles. The summed E-state index contributed by atoms with van der Waals surface area (Å²) in [5.74, 6) is 6.88. The van der Waals surface area contributed by atoms with Crippen molar-refractivity contribution in [3.8, 4) is 0 Å². The van der Waals surface area contributed by atoms with E-state index in [9.17, 15) is 0 Å². The maximum atomic E-state index is 5.98. The van der Waals surface area contributed by atoms with Crippen LogP contribution in [-0.2, 0) is 0 Å². The van der Waals surface area contributed by atoms with E-state index in [1.165, 1.54) is 19.3 Å². The third kappa shape index (κ3) is 1.39. The van der Waals surface area contributed by atoms with Gasteiger partial charge in [0.2, 0.25) is 0 Å². The van der Waals surface area contributed by atoms with Crippen molar-refractivity contribution in [2.45, 2.75) is 46.1 Å². The lowest BCUT2D eigenvalue weighted by atomic mass is 9.68. The Morgan fingerprint density at radius 2 is 1.86 bits per heavy atom. The van der Waals surface area contributed by atoms with Gasteiger partial charge in [-0.3, -0.25) is 5.84 Å². The van der Waals surface area contributed by atoms with Gasteiger partial charge in [0.1, 0.15) is 0 Å². The molecule has 2 rings (SSSR count). The van der Waals surface area contributed by atoms with Crippen molar-refractivity contribution in [1.82, 2.24) is 5.01 Å². The Labute approximate surface area is 93.6 Å². The zero-order valence-corrected chi connectivity index (χ0v) is 10.5. The molecular weight excluding hydrogens is 196 g/mol. The van der Waals surface area contributed by atoms with E-state index in [1.807, 2.05) is 12.1 Å². The van der Waals surface area contributed by atoms with Gasteiger partial charge in [0.25, 0.3) is 0 Å². The summed E-state index contributed by atoms with van der Waals surface area (Å²) in [6, 6.07) is 0.568. The number of nitrogens with zero attached hydrogens (tertiary/aromatic N) is 1. The van der Waals surface area contributed by atoms with Crippen LogP contribution in [0.4, 0.5) is 0 Å². The second-order valence-corrected chi connectivity index (χ2v) is 5.98. The fraction of sp³-hybridized carbons (Fsp3) is 1.00. The van der Waals surface area contributed by atoms with Crippen molar-refractivity contribution in [3.05, 3.63) is 0 Å². The summed E-state index contributed by atoms with van der Waals surface area (Å²) >= 11 is 0. The van der Waals surface area contributed by atoms with Crippen LogP contribution in [0.2, 0.25) is 0 Å². The average molecular weight is 219 g/mol. The standard InChI is InChI=1S/C11H22N2.ClH/c1-10(2)8-5-6-11(3,7-8)9(10)13(4)12;/h8-9H,5-7,12H2,1-4H3;1H. The molecule has 3 unspecified atom stereocenters. The summed E-state index contributed by atoms with van der Waals surface area (Å²) in [6.45, 7) is 7.18. The quantitative estimate of drug-likeness (QED) is 0.541.